The lowest BCUT2D eigenvalue weighted by atomic mass is 10.2. The van der Waals surface area contributed by atoms with Crippen LogP contribution in [0.1, 0.15) is 0 Å². The smallest absolute Gasteiger partial charge is 0.125 e. The second kappa shape index (κ2) is 4.53. The van der Waals surface area contributed by atoms with Gasteiger partial charge in [0.1, 0.15) is 11.6 Å². The fourth-order valence-electron chi connectivity index (χ4n) is 1.90. The molecule has 1 aromatic carbocycles. The van der Waals surface area contributed by atoms with Crippen molar-refractivity contribution in [3.63, 3.8) is 0 Å². The van der Waals surface area contributed by atoms with Crippen LogP contribution < -0.4 is 5.73 Å². The number of pyridine rings is 1. The van der Waals surface area contributed by atoms with Crippen molar-refractivity contribution in [3.05, 3.63) is 60.9 Å². The quantitative estimate of drug-likeness (QED) is 0.764. The van der Waals surface area contributed by atoms with Crippen LogP contribution >= 0.6 is 0 Å². The summed E-state index contributed by atoms with van der Waals surface area (Å²) in [5.74, 6) is 0.174. The van der Waals surface area contributed by atoms with Gasteiger partial charge >= 0.3 is 0 Å². The second-order valence-corrected chi connectivity index (χ2v) is 4.10. The van der Waals surface area contributed by atoms with E-state index in [1.54, 1.807) is 35.4 Å². The fourth-order valence-corrected chi connectivity index (χ4v) is 1.90. The van der Waals surface area contributed by atoms with Crippen molar-refractivity contribution in [1.82, 2.24) is 14.5 Å². The monoisotopic (exact) mass is 254 g/mol. The van der Waals surface area contributed by atoms with E-state index in [-0.39, 0.29) is 5.82 Å². The third-order valence-electron chi connectivity index (χ3n) is 2.81. The molecule has 0 aliphatic rings. The molecule has 2 aromatic heterocycles. The highest BCUT2D eigenvalue weighted by atomic mass is 19.1. The number of nitrogens with two attached hydrogens (primary N) is 1. The molecule has 0 atom stereocenters. The minimum atomic E-state index is -0.285. The maximum atomic E-state index is 13.3. The number of anilines is 1. The van der Waals surface area contributed by atoms with E-state index in [1.807, 2.05) is 12.1 Å². The highest BCUT2D eigenvalue weighted by Gasteiger charge is 2.07. The van der Waals surface area contributed by atoms with Gasteiger partial charge in [-0.05, 0) is 30.3 Å². The number of nitrogens with zero attached hydrogens (tertiary/aromatic N) is 3. The van der Waals surface area contributed by atoms with Crippen LogP contribution in [0.15, 0.2) is 55.1 Å². The first-order valence-electron chi connectivity index (χ1n) is 5.74. The molecule has 4 nitrogen and oxygen atoms in total. The molecule has 94 valence electrons. The lowest BCUT2D eigenvalue weighted by Gasteiger charge is -2.08. The minimum Gasteiger partial charge on any atom is -0.384 e. The first kappa shape index (κ1) is 11.4. The predicted octanol–water partition coefficient (Wildman–Crippen LogP) is 2.66. The topological polar surface area (TPSA) is 56.7 Å². The Hall–Kier alpha value is -2.69. The highest BCUT2D eigenvalue weighted by Crippen LogP contribution is 2.22. The van der Waals surface area contributed by atoms with Crippen molar-refractivity contribution < 1.29 is 4.39 Å². The number of nitrogen functional groups attached to an aromatic ring is 1. The number of rotatable bonds is 2. The molecule has 3 rings (SSSR count). The number of halogens is 1. The molecule has 0 radical (unpaired) electrons. The Morgan fingerprint density at radius 1 is 1.11 bits per heavy atom. The first-order valence-corrected chi connectivity index (χ1v) is 5.74. The summed E-state index contributed by atoms with van der Waals surface area (Å²) in [6, 6.07) is 9.92. The molecule has 0 fully saturated rings. The van der Waals surface area contributed by atoms with Crippen molar-refractivity contribution in [2.45, 2.75) is 0 Å². The van der Waals surface area contributed by atoms with Crippen molar-refractivity contribution in [1.29, 1.82) is 0 Å². The lowest BCUT2D eigenvalue weighted by Crippen LogP contribution is -1.96. The molecule has 2 heterocycles. The Balaban J connectivity index is 2.10. The number of hydrogen-bond acceptors (Lipinski definition) is 3. The van der Waals surface area contributed by atoms with E-state index in [0.717, 1.165) is 11.3 Å². The maximum absolute atomic E-state index is 13.3. The molecule has 0 saturated heterocycles. The lowest BCUT2D eigenvalue weighted by molar-refractivity contribution is 0.626. The summed E-state index contributed by atoms with van der Waals surface area (Å²) in [5.41, 5.74) is 7.98. The molecule has 0 unspecified atom stereocenters. The van der Waals surface area contributed by atoms with E-state index in [2.05, 4.69) is 9.97 Å². The molecule has 3 aromatic rings. The van der Waals surface area contributed by atoms with Crippen molar-refractivity contribution >= 4 is 5.82 Å². The van der Waals surface area contributed by atoms with Crippen LogP contribution in [0.4, 0.5) is 10.2 Å². The Morgan fingerprint density at radius 2 is 2.00 bits per heavy atom. The first-order chi connectivity index (χ1) is 9.24. The van der Waals surface area contributed by atoms with Gasteiger partial charge in [0.15, 0.2) is 0 Å². The number of aromatic nitrogens is 3. The predicted molar refractivity (Wildman–Crippen MR) is 71.2 cm³/mol. The third kappa shape index (κ3) is 2.18. The second-order valence-electron chi connectivity index (χ2n) is 4.10. The van der Waals surface area contributed by atoms with E-state index >= 15 is 0 Å². The maximum Gasteiger partial charge on any atom is 0.125 e. The summed E-state index contributed by atoms with van der Waals surface area (Å²) in [5, 5.41) is 0. The van der Waals surface area contributed by atoms with Crippen LogP contribution in [-0.2, 0) is 0 Å². The zero-order valence-corrected chi connectivity index (χ0v) is 9.99. The summed E-state index contributed by atoms with van der Waals surface area (Å²) in [4.78, 5) is 8.16. The Labute approximate surface area is 109 Å². The molecule has 0 bridgehead atoms. The molecule has 0 aliphatic carbocycles. The van der Waals surface area contributed by atoms with Crippen molar-refractivity contribution in [2.24, 2.45) is 0 Å². The SMILES string of the molecule is Nc1ccc(-c2cncn2-c2cccc(F)c2)cn1. The zero-order chi connectivity index (χ0) is 13.2. The molecular weight excluding hydrogens is 243 g/mol. The van der Waals surface area contributed by atoms with Crippen LogP contribution in [0, 0.1) is 5.82 Å². The summed E-state index contributed by atoms with van der Waals surface area (Å²) >= 11 is 0. The van der Waals surface area contributed by atoms with E-state index in [9.17, 15) is 4.39 Å². The van der Waals surface area contributed by atoms with E-state index in [1.165, 1.54) is 12.1 Å². The van der Waals surface area contributed by atoms with Crippen LogP contribution in [0.5, 0.6) is 0 Å². The summed E-state index contributed by atoms with van der Waals surface area (Å²) in [6.45, 7) is 0. The van der Waals surface area contributed by atoms with E-state index in [0.29, 0.717) is 11.5 Å². The van der Waals surface area contributed by atoms with Crippen LogP contribution in [0.3, 0.4) is 0 Å². The van der Waals surface area contributed by atoms with Gasteiger partial charge < -0.3 is 5.73 Å². The largest absolute Gasteiger partial charge is 0.384 e. The van der Waals surface area contributed by atoms with Gasteiger partial charge in [0.05, 0.1) is 23.9 Å². The standard InChI is InChI=1S/C14H11FN4/c15-11-2-1-3-12(6-11)19-9-17-8-13(19)10-4-5-14(16)18-7-10/h1-9H,(H2,16,18). The number of hydrogen-bond donors (Lipinski definition) is 1. The normalized spacial score (nSPS) is 10.6. The van der Waals surface area contributed by atoms with E-state index < -0.39 is 0 Å². The molecule has 2 N–H and O–H groups in total. The highest BCUT2D eigenvalue weighted by molar-refractivity contribution is 5.61. The van der Waals surface area contributed by atoms with Gasteiger partial charge in [-0.25, -0.2) is 14.4 Å². The Bertz CT molecular complexity index is 703. The van der Waals surface area contributed by atoms with Gasteiger partial charge in [0.25, 0.3) is 0 Å². The Kier molecular flexibility index (Phi) is 2.72. The molecule has 19 heavy (non-hydrogen) atoms. The third-order valence-corrected chi connectivity index (χ3v) is 2.81. The molecule has 0 amide bonds. The van der Waals surface area contributed by atoms with Gasteiger partial charge in [0, 0.05) is 11.8 Å². The molecular formula is C14H11FN4. The van der Waals surface area contributed by atoms with Gasteiger partial charge in [-0.2, -0.15) is 0 Å². The van der Waals surface area contributed by atoms with Gasteiger partial charge in [0.2, 0.25) is 0 Å². The Morgan fingerprint density at radius 3 is 2.74 bits per heavy atom. The summed E-state index contributed by atoms with van der Waals surface area (Å²) in [7, 11) is 0. The number of benzene rings is 1. The molecule has 0 spiro atoms. The van der Waals surface area contributed by atoms with Crippen LogP contribution in [-0.4, -0.2) is 14.5 Å². The molecule has 5 heteroatoms. The number of imidazole rings is 1. The zero-order valence-electron chi connectivity index (χ0n) is 9.99. The average molecular weight is 254 g/mol. The van der Waals surface area contributed by atoms with E-state index in [4.69, 9.17) is 5.73 Å². The summed E-state index contributed by atoms with van der Waals surface area (Å²) in [6.07, 6.45) is 5.01. The van der Waals surface area contributed by atoms with Crippen LogP contribution in [0.25, 0.3) is 16.9 Å². The summed E-state index contributed by atoms with van der Waals surface area (Å²) < 4.78 is 15.1. The molecule has 0 aliphatic heterocycles. The average Bonchev–Trinajstić information content (AvgIpc) is 2.89. The minimum absolute atomic E-state index is 0.285. The van der Waals surface area contributed by atoms with Crippen molar-refractivity contribution in [3.8, 4) is 16.9 Å². The van der Waals surface area contributed by atoms with Gasteiger partial charge in [-0.3, -0.25) is 4.57 Å². The van der Waals surface area contributed by atoms with Gasteiger partial charge in [-0.1, -0.05) is 6.07 Å². The fraction of sp³-hybridized carbons (Fsp3) is 0. The van der Waals surface area contributed by atoms with Crippen LogP contribution in [0.2, 0.25) is 0 Å². The molecule has 0 saturated carbocycles. The van der Waals surface area contributed by atoms with Crippen molar-refractivity contribution in [2.75, 3.05) is 5.73 Å². The van der Waals surface area contributed by atoms with Gasteiger partial charge in [-0.15, -0.1) is 0 Å².